The molecular weight excluding hydrogens is 262 g/mol. The molecule has 0 saturated carbocycles. The average Bonchev–Trinajstić information content (AvgIpc) is 2.43. The largest absolute Gasteiger partial charge is 0.389 e. The van der Waals surface area contributed by atoms with Crippen molar-refractivity contribution in [2.24, 2.45) is 5.73 Å². The summed E-state index contributed by atoms with van der Waals surface area (Å²) in [5.74, 6) is -0.0994. The Hall–Kier alpha value is -1.77. The van der Waals surface area contributed by atoms with Crippen molar-refractivity contribution in [1.29, 1.82) is 0 Å². The third-order valence-electron chi connectivity index (χ3n) is 2.46. The normalized spacial score (nSPS) is 13.9. The SMILES string of the molecule is CC(C)Nc1nccc(C(=O)NCC(O)C(O)CN)n1. The number of nitrogens with two attached hydrogens (primary N) is 1. The van der Waals surface area contributed by atoms with Gasteiger partial charge >= 0.3 is 0 Å². The fourth-order valence-corrected chi connectivity index (χ4v) is 1.39. The van der Waals surface area contributed by atoms with E-state index in [9.17, 15) is 15.0 Å². The first-order valence-corrected chi connectivity index (χ1v) is 6.38. The summed E-state index contributed by atoms with van der Waals surface area (Å²) in [6.45, 7) is 3.68. The number of carbonyl (C=O) groups is 1. The molecule has 0 spiro atoms. The van der Waals surface area contributed by atoms with Gasteiger partial charge in [0.1, 0.15) is 5.69 Å². The number of aromatic nitrogens is 2. The van der Waals surface area contributed by atoms with E-state index in [0.29, 0.717) is 5.95 Å². The molecule has 2 atom stereocenters. The number of hydrogen-bond donors (Lipinski definition) is 5. The van der Waals surface area contributed by atoms with E-state index in [1.807, 2.05) is 13.8 Å². The highest BCUT2D eigenvalue weighted by Gasteiger charge is 2.16. The molecule has 0 saturated heterocycles. The highest BCUT2D eigenvalue weighted by Crippen LogP contribution is 2.02. The van der Waals surface area contributed by atoms with E-state index >= 15 is 0 Å². The van der Waals surface area contributed by atoms with Crippen LogP contribution in [-0.2, 0) is 0 Å². The van der Waals surface area contributed by atoms with Crippen molar-refractivity contribution in [2.45, 2.75) is 32.1 Å². The first-order valence-electron chi connectivity index (χ1n) is 6.38. The van der Waals surface area contributed by atoms with Crippen LogP contribution in [0.25, 0.3) is 0 Å². The summed E-state index contributed by atoms with van der Waals surface area (Å²) in [6, 6.07) is 1.61. The summed E-state index contributed by atoms with van der Waals surface area (Å²) in [7, 11) is 0. The smallest absolute Gasteiger partial charge is 0.270 e. The quantitative estimate of drug-likeness (QED) is 0.420. The van der Waals surface area contributed by atoms with Gasteiger partial charge in [-0.15, -0.1) is 0 Å². The summed E-state index contributed by atoms with van der Waals surface area (Å²) < 4.78 is 0. The minimum Gasteiger partial charge on any atom is -0.389 e. The fraction of sp³-hybridized carbons (Fsp3) is 0.583. The van der Waals surface area contributed by atoms with Gasteiger partial charge < -0.3 is 26.6 Å². The molecule has 1 aromatic rings. The molecule has 0 aliphatic heterocycles. The summed E-state index contributed by atoms with van der Waals surface area (Å²) in [6.07, 6.45) is -0.712. The minimum atomic E-state index is -1.11. The Morgan fingerprint density at radius 2 is 2.10 bits per heavy atom. The number of anilines is 1. The first-order chi connectivity index (χ1) is 9.43. The third kappa shape index (κ3) is 5.08. The Balaban J connectivity index is 2.59. The van der Waals surface area contributed by atoms with E-state index in [0.717, 1.165) is 0 Å². The molecule has 20 heavy (non-hydrogen) atoms. The number of carbonyl (C=O) groups excluding carboxylic acids is 1. The second-order valence-corrected chi connectivity index (χ2v) is 4.64. The van der Waals surface area contributed by atoms with Crippen molar-refractivity contribution in [3.8, 4) is 0 Å². The first kappa shape index (κ1) is 16.3. The van der Waals surface area contributed by atoms with Gasteiger partial charge in [0, 0.05) is 25.3 Å². The number of amides is 1. The molecule has 1 rings (SSSR count). The highest BCUT2D eigenvalue weighted by atomic mass is 16.3. The van der Waals surface area contributed by atoms with Crippen LogP contribution < -0.4 is 16.4 Å². The molecule has 1 aromatic heterocycles. The number of aliphatic hydroxyl groups excluding tert-OH is 2. The maximum Gasteiger partial charge on any atom is 0.270 e. The number of rotatable bonds is 7. The van der Waals surface area contributed by atoms with Crippen LogP contribution in [0.4, 0.5) is 5.95 Å². The summed E-state index contributed by atoms with van der Waals surface area (Å²) in [5.41, 5.74) is 5.38. The van der Waals surface area contributed by atoms with Gasteiger partial charge in [-0.2, -0.15) is 0 Å². The Morgan fingerprint density at radius 3 is 2.70 bits per heavy atom. The zero-order valence-corrected chi connectivity index (χ0v) is 11.6. The lowest BCUT2D eigenvalue weighted by Crippen LogP contribution is -2.42. The standard InChI is InChI=1S/C12H21N5O3/c1-7(2)16-12-14-4-3-8(17-12)11(20)15-6-10(19)9(18)5-13/h3-4,7,9-10,18-19H,5-6,13H2,1-2H3,(H,15,20)(H,14,16,17). The predicted molar refractivity (Wildman–Crippen MR) is 74.2 cm³/mol. The van der Waals surface area contributed by atoms with Crippen LogP contribution in [0.3, 0.4) is 0 Å². The molecule has 1 amide bonds. The molecule has 1 heterocycles. The number of aliphatic hydroxyl groups is 2. The van der Waals surface area contributed by atoms with E-state index in [1.165, 1.54) is 12.3 Å². The van der Waals surface area contributed by atoms with E-state index in [4.69, 9.17) is 5.73 Å². The maximum absolute atomic E-state index is 11.8. The van der Waals surface area contributed by atoms with Gasteiger partial charge in [0.05, 0.1) is 12.2 Å². The fourth-order valence-electron chi connectivity index (χ4n) is 1.39. The molecule has 0 bridgehead atoms. The third-order valence-corrected chi connectivity index (χ3v) is 2.46. The Kier molecular flexibility index (Phi) is 6.29. The van der Waals surface area contributed by atoms with Crippen molar-refractivity contribution in [3.63, 3.8) is 0 Å². The van der Waals surface area contributed by atoms with E-state index in [2.05, 4.69) is 20.6 Å². The van der Waals surface area contributed by atoms with Gasteiger partial charge in [-0.05, 0) is 19.9 Å². The molecule has 0 radical (unpaired) electrons. The van der Waals surface area contributed by atoms with Gasteiger partial charge in [-0.1, -0.05) is 0 Å². The second kappa shape index (κ2) is 7.73. The van der Waals surface area contributed by atoms with Gasteiger partial charge in [-0.25, -0.2) is 9.97 Å². The Morgan fingerprint density at radius 1 is 1.40 bits per heavy atom. The molecule has 2 unspecified atom stereocenters. The van der Waals surface area contributed by atoms with Crippen molar-refractivity contribution in [3.05, 3.63) is 18.0 Å². The van der Waals surface area contributed by atoms with Crippen molar-refractivity contribution in [2.75, 3.05) is 18.4 Å². The molecule has 0 aliphatic rings. The molecule has 0 aromatic carbocycles. The van der Waals surface area contributed by atoms with E-state index < -0.39 is 18.1 Å². The van der Waals surface area contributed by atoms with Crippen LogP contribution in [0.1, 0.15) is 24.3 Å². The molecule has 0 fully saturated rings. The van der Waals surface area contributed by atoms with Crippen molar-refractivity contribution < 1.29 is 15.0 Å². The monoisotopic (exact) mass is 283 g/mol. The van der Waals surface area contributed by atoms with Crippen LogP contribution in [0.2, 0.25) is 0 Å². The van der Waals surface area contributed by atoms with Gasteiger partial charge in [0.2, 0.25) is 5.95 Å². The number of hydrogen-bond acceptors (Lipinski definition) is 7. The van der Waals surface area contributed by atoms with Crippen LogP contribution >= 0.6 is 0 Å². The molecule has 6 N–H and O–H groups in total. The van der Waals surface area contributed by atoms with Crippen LogP contribution in [-0.4, -0.2) is 57.4 Å². The second-order valence-electron chi connectivity index (χ2n) is 4.64. The lowest BCUT2D eigenvalue weighted by Gasteiger charge is -2.16. The highest BCUT2D eigenvalue weighted by molar-refractivity contribution is 5.92. The maximum atomic E-state index is 11.8. The van der Waals surface area contributed by atoms with Gasteiger partial charge in [-0.3, -0.25) is 4.79 Å². The zero-order valence-electron chi connectivity index (χ0n) is 11.6. The lowest BCUT2D eigenvalue weighted by molar-refractivity contribution is 0.0256. The minimum absolute atomic E-state index is 0.0764. The van der Waals surface area contributed by atoms with Crippen molar-refractivity contribution in [1.82, 2.24) is 15.3 Å². The van der Waals surface area contributed by atoms with Crippen molar-refractivity contribution >= 4 is 11.9 Å². The number of nitrogens with zero attached hydrogens (tertiary/aromatic N) is 2. The molecule has 8 heteroatoms. The number of nitrogens with one attached hydrogen (secondary N) is 2. The summed E-state index contributed by atoms with van der Waals surface area (Å²) >= 11 is 0. The Bertz CT molecular complexity index is 441. The topological polar surface area (TPSA) is 133 Å². The molecule has 112 valence electrons. The van der Waals surface area contributed by atoms with Crippen LogP contribution in [0.5, 0.6) is 0 Å². The summed E-state index contributed by atoms with van der Waals surface area (Å²) in [5, 5.41) is 24.2. The van der Waals surface area contributed by atoms with E-state index in [1.54, 1.807) is 0 Å². The Labute approximate surface area is 117 Å². The zero-order chi connectivity index (χ0) is 15.1. The average molecular weight is 283 g/mol. The lowest BCUT2D eigenvalue weighted by atomic mass is 10.2. The van der Waals surface area contributed by atoms with Gasteiger partial charge in [0.15, 0.2) is 0 Å². The van der Waals surface area contributed by atoms with Gasteiger partial charge in [0.25, 0.3) is 5.91 Å². The van der Waals surface area contributed by atoms with Crippen LogP contribution in [0.15, 0.2) is 12.3 Å². The molecule has 0 aliphatic carbocycles. The molecular formula is C12H21N5O3. The summed E-state index contributed by atoms with van der Waals surface area (Å²) in [4.78, 5) is 19.9. The van der Waals surface area contributed by atoms with E-state index in [-0.39, 0.29) is 24.8 Å². The predicted octanol–water partition coefficient (Wildman–Crippen LogP) is -1.29. The molecule has 8 nitrogen and oxygen atoms in total. The van der Waals surface area contributed by atoms with Crippen LogP contribution in [0, 0.1) is 0 Å².